The number of aliphatic hydroxyl groups excluding tert-OH is 2. The molecule has 0 aromatic carbocycles. The zero-order chi connectivity index (χ0) is 13.9. The second-order valence-electron chi connectivity index (χ2n) is 5.05. The molecule has 0 radical (unpaired) electrons. The van der Waals surface area contributed by atoms with Crippen LogP contribution < -0.4 is 0 Å². The first kappa shape index (κ1) is 16.8. The Hall–Kier alpha value is -0.240. The van der Waals surface area contributed by atoms with Crippen LogP contribution in [-0.2, 0) is 4.74 Å². The number of β-amino-alcohol motifs (C(OH)–C–C–N with tert-alkyl or cyclic N) is 2. The Morgan fingerprint density at radius 2 is 1.26 bits per heavy atom. The van der Waals surface area contributed by atoms with Crippen LogP contribution in [0.5, 0.6) is 0 Å². The molecule has 2 N–H and O–H groups in total. The van der Waals surface area contributed by atoms with Crippen molar-refractivity contribution in [1.82, 2.24) is 14.7 Å². The quantitative estimate of drug-likeness (QED) is 0.654. The van der Waals surface area contributed by atoms with Gasteiger partial charge in [-0.15, -0.1) is 0 Å². The minimum absolute atomic E-state index is 0.264. The van der Waals surface area contributed by atoms with Crippen molar-refractivity contribution in [3.8, 4) is 0 Å². The normalized spacial score (nSPS) is 22.9. The molecule has 6 heteroatoms. The van der Waals surface area contributed by atoms with E-state index in [1.807, 2.05) is 0 Å². The van der Waals surface area contributed by atoms with Gasteiger partial charge in [-0.3, -0.25) is 9.80 Å². The van der Waals surface area contributed by atoms with Gasteiger partial charge in [0.05, 0.1) is 26.4 Å². The molecule has 2 fully saturated rings. The number of ether oxygens (including phenoxy) is 1. The summed E-state index contributed by atoms with van der Waals surface area (Å²) in [5.74, 6) is 0. The number of piperazine rings is 1. The van der Waals surface area contributed by atoms with Gasteiger partial charge in [0, 0.05) is 52.4 Å². The van der Waals surface area contributed by atoms with Gasteiger partial charge in [0.2, 0.25) is 0 Å². The fourth-order valence-electron chi connectivity index (χ4n) is 2.18. The second-order valence-corrected chi connectivity index (χ2v) is 5.05. The summed E-state index contributed by atoms with van der Waals surface area (Å²) in [6.07, 6.45) is 0. The molecule has 0 bridgehead atoms. The van der Waals surface area contributed by atoms with Crippen LogP contribution in [0.1, 0.15) is 0 Å². The van der Waals surface area contributed by atoms with Crippen LogP contribution in [0.3, 0.4) is 0 Å². The van der Waals surface area contributed by atoms with Crippen molar-refractivity contribution in [2.24, 2.45) is 0 Å². The largest absolute Gasteiger partial charge is 0.395 e. The minimum Gasteiger partial charge on any atom is -0.395 e. The van der Waals surface area contributed by atoms with Crippen LogP contribution in [0, 0.1) is 0 Å². The number of hydrogen-bond acceptors (Lipinski definition) is 6. The van der Waals surface area contributed by atoms with Gasteiger partial charge in [-0.05, 0) is 7.05 Å². The molecular formula is C13H29N3O3. The van der Waals surface area contributed by atoms with Gasteiger partial charge >= 0.3 is 0 Å². The lowest BCUT2D eigenvalue weighted by atomic mass is 10.3. The number of rotatable bonds is 4. The van der Waals surface area contributed by atoms with Crippen molar-refractivity contribution < 1.29 is 14.9 Å². The maximum Gasteiger partial charge on any atom is 0.0594 e. The molecule has 0 amide bonds. The van der Waals surface area contributed by atoms with E-state index < -0.39 is 0 Å². The third-order valence-electron chi connectivity index (χ3n) is 3.53. The Balaban J connectivity index is 0.000000191. The van der Waals surface area contributed by atoms with Crippen LogP contribution in [0.15, 0.2) is 0 Å². The Labute approximate surface area is 116 Å². The summed E-state index contributed by atoms with van der Waals surface area (Å²) in [5.41, 5.74) is 0. The molecule has 0 unspecified atom stereocenters. The molecule has 19 heavy (non-hydrogen) atoms. The maximum absolute atomic E-state index is 8.63. The van der Waals surface area contributed by atoms with E-state index in [4.69, 9.17) is 14.9 Å². The second kappa shape index (κ2) is 10.5. The molecule has 0 spiro atoms. The van der Waals surface area contributed by atoms with Crippen molar-refractivity contribution in [3.05, 3.63) is 0 Å². The first-order valence-electron chi connectivity index (χ1n) is 7.19. The van der Waals surface area contributed by atoms with E-state index in [0.29, 0.717) is 6.61 Å². The van der Waals surface area contributed by atoms with E-state index in [0.717, 1.165) is 65.6 Å². The van der Waals surface area contributed by atoms with E-state index in [1.165, 1.54) is 0 Å². The smallest absolute Gasteiger partial charge is 0.0594 e. The van der Waals surface area contributed by atoms with E-state index in [2.05, 4.69) is 21.7 Å². The van der Waals surface area contributed by atoms with Crippen molar-refractivity contribution >= 4 is 0 Å². The fourth-order valence-corrected chi connectivity index (χ4v) is 2.18. The lowest BCUT2D eigenvalue weighted by Gasteiger charge is -2.31. The van der Waals surface area contributed by atoms with Gasteiger partial charge in [-0.1, -0.05) is 0 Å². The van der Waals surface area contributed by atoms with Crippen molar-refractivity contribution in [2.45, 2.75) is 0 Å². The summed E-state index contributed by atoms with van der Waals surface area (Å²) in [4.78, 5) is 6.80. The Morgan fingerprint density at radius 1 is 0.789 bits per heavy atom. The molecule has 6 nitrogen and oxygen atoms in total. The average molecular weight is 275 g/mol. The van der Waals surface area contributed by atoms with Crippen LogP contribution in [0.4, 0.5) is 0 Å². The first-order chi connectivity index (χ1) is 9.26. The third-order valence-corrected chi connectivity index (χ3v) is 3.53. The summed E-state index contributed by atoms with van der Waals surface area (Å²) < 4.78 is 5.12. The lowest BCUT2D eigenvalue weighted by molar-refractivity contribution is 0.0306. The average Bonchev–Trinajstić information content (AvgIpc) is 2.44. The summed E-state index contributed by atoms with van der Waals surface area (Å²) in [5, 5.41) is 17.2. The molecule has 2 aliphatic rings. The van der Waals surface area contributed by atoms with Crippen LogP contribution in [0.2, 0.25) is 0 Å². The molecule has 0 aliphatic carbocycles. The minimum atomic E-state index is 0.264. The monoisotopic (exact) mass is 275 g/mol. The molecule has 2 heterocycles. The summed E-state index contributed by atoms with van der Waals surface area (Å²) in [7, 11) is 2.14. The standard InChI is InChI=1S/C7H16N2O.C6H13NO2/c1-8-2-4-9(5-3-8)6-7-10;8-4-1-7-2-5-9-6-3-7/h10H,2-7H2,1H3;8H,1-6H2. The Bertz CT molecular complexity index is 203. The highest BCUT2D eigenvalue weighted by Crippen LogP contribution is 1.97. The number of likely N-dealkylation sites (N-methyl/N-ethyl adjacent to an activating group) is 1. The SMILES string of the molecule is CN1CCN(CCO)CC1.OCCN1CCOCC1. The molecule has 0 atom stereocenters. The summed E-state index contributed by atoms with van der Waals surface area (Å²) in [6, 6.07) is 0. The number of hydrogen-bond donors (Lipinski definition) is 2. The van der Waals surface area contributed by atoms with E-state index in [1.54, 1.807) is 0 Å². The van der Waals surface area contributed by atoms with Crippen molar-refractivity contribution in [1.29, 1.82) is 0 Å². The van der Waals surface area contributed by atoms with E-state index in [9.17, 15) is 0 Å². The molecule has 114 valence electrons. The fraction of sp³-hybridized carbons (Fsp3) is 1.00. The zero-order valence-electron chi connectivity index (χ0n) is 12.1. The van der Waals surface area contributed by atoms with E-state index in [-0.39, 0.29) is 6.61 Å². The highest BCUT2D eigenvalue weighted by Gasteiger charge is 2.11. The molecule has 0 saturated carbocycles. The topological polar surface area (TPSA) is 59.4 Å². The zero-order valence-corrected chi connectivity index (χ0v) is 12.1. The Kier molecular flexibility index (Phi) is 9.32. The van der Waals surface area contributed by atoms with E-state index >= 15 is 0 Å². The third kappa shape index (κ3) is 7.81. The maximum atomic E-state index is 8.63. The molecule has 0 aromatic heterocycles. The molecule has 2 aliphatic heterocycles. The van der Waals surface area contributed by atoms with Gasteiger partial charge in [0.1, 0.15) is 0 Å². The van der Waals surface area contributed by atoms with Gasteiger partial charge in [-0.25, -0.2) is 0 Å². The predicted octanol–water partition coefficient (Wildman–Crippen LogP) is -1.46. The van der Waals surface area contributed by atoms with Gasteiger partial charge in [0.15, 0.2) is 0 Å². The Morgan fingerprint density at radius 3 is 1.74 bits per heavy atom. The van der Waals surface area contributed by atoms with Crippen LogP contribution in [0.25, 0.3) is 0 Å². The van der Waals surface area contributed by atoms with Crippen LogP contribution >= 0.6 is 0 Å². The van der Waals surface area contributed by atoms with Crippen molar-refractivity contribution in [2.75, 3.05) is 85.8 Å². The molecule has 2 saturated heterocycles. The van der Waals surface area contributed by atoms with Gasteiger partial charge < -0.3 is 19.8 Å². The molecular weight excluding hydrogens is 246 g/mol. The lowest BCUT2D eigenvalue weighted by Crippen LogP contribution is -2.45. The number of aliphatic hydroxyl groups is 2. The van der Waals surface area contributed by atoms with Gasteiger partial charge in [0.25, 0.3) is 0 Å². The van der Waals surface area contributed by atoms with Crippen LogP contribution in [-0.4, -0.2) is 111 Å². The molecule has 2 rings (SSSR count). The highest BCUT2D eigenvalue weighted by atomic mass is 16.5. The summed E-state index contributed by atoms with van der Waals surface area (Å²) in [6.45, 7) is 10.3. The van der Waals surface area contributed by atoms with Gasteiger partial charge in [-0.2, -0.15) is 0 Å². The van der Waals surface area contributed by atoms with Crippen molar-refractivity contribution in [3.63, 3.8) is 0 Å². The molecule has 0 aromatic rings. The first-order valence-corrected chi connectivity index (χ1v) is 7.19. The summed E-state index contributed by atoms with van der Waals surface area (Å²) >= 11 is 0. The predicted molar refractivity (Wildman–Crippen MR) is 75.4 cm³/mol. The highest BCUT2D eigenvalue weighted by molar-refractivity contribution is 4.68. The number of morpholine rings is 1. The number of nitrogens with zero attached hydrogens (tertiary/aromatic N) is 3.